The number of oxazole rings is 1. The summed E-state index contributed by atoms with van der Waals surface area (Å²) >= 11 is 0. The molecule has 0 aliphatic rings. The van der Waals surface area contributed by atoms with Gasteiger partial charge in [-0.05, 0) is 12.1 Å². The maximum Gasteiger partial charge on any atom is 0.296 e. The Morgan fingerprint density at radius 1 is 1.50 bits per heavy atom. The van der Waals surface area contributed by atoms with Crippen LogP contribution in [0.4, 0.5) is 6.01 Å². The van der Waals surface area contributed by atoms with Crippen molar-refractivity contribution in [2.24, 2.45) is 5.73 Å². The van der Waals surface area contributed by atoms with Gasteiger partial charge in [-0.2, -0.15) is 4.98 Å². The summed E-state index contributed by atoms with van der Waals surface area (Å²) in [6.45, 7) is 0.988. The number of methoxy groups -OCH3 is 1. The number of para-hydroxylation sites is 2. The van der Waals surface area contributed by atoms with Gasteiger partial charge in [0.15, 0.2) is 5.58 Å². The molecule has 5 heteroatoms. The van der Waals surface area contributed by atoms with E-state index in [9.17, 15) is 0 Å². The second-order valence-electron chi connectivity index (χ2n) is 3.52. The highest BCUT2D eigenvalue weighted by atomic mass is 16.5. The second kappa shape index (κ2) is 4.96. The summed E-state index contributed by atoms with van der Waals surface area (Å²) in [6.07, 6.45) is 0. The van der Waals surface area contributed by atoms with Gasteiger partial charge in [-0.25, -0.2) is 0 Å². The van der Waals surface area contributed by atoms with E-state index < -0.39 is 0 Å². The number of hydrogen-bond donors (Lipinski definition) is 2. The van der Waals surface area contributed by atoms with E-state index in [1.54, 1.807) is 7.11 Å². The minimum absolute atomic E-state index is 0.0121. The number of rotatable bonds is 5. The van der Waals surface area contributed by atoms with Crippen LogP contribution in [-0.2, 0) is 4.74 Å². The Bertz CT molecular complexity index is 422. The molecule has 0 radical (unpaired) electrons. The van der Waals surface area contributed by atoms with Crippen molar-refractivity contribution in [3.8, 4) is 0 Å². The molecule has 0 aliphatic carbocycles. The van der Waals surface area contributed by atoms with E-state index in [1.165, 1.54) is 0 Å². The largest absolute Gasteiger partial charge is 0.424 e. The molecule has 1 aromatic carbocycles. The minimum Gasteiger partial charge on any atom is -0.424 e. The van der Waals surface area contributed by atoms with Gasteiger partial charge in [-0.3, -0.25) is 0 Å². The van der Waals surface area contributed by atoms with E-state index in [-0.39, 0.29) is 6.04 Å². The van der Waals surface area contributed by atoms with E-state index in [1.807, 2.05) is 24.3 Å². The molecule has 3 N–H and O–H groups in total. The van der Waals surface area contributed by atoms with Gasteiger partial charge >= 0.3 is 0 Å². The molecule has 0 fully saturated rings. The minimum atomic E-state index is 0.0121. The lowest BCUT2D eigenvalue weighted by Crippen LogP contribution is -2.33. The van der Waals surface area contributed by atoms with E-state index >= 15 is 0 Å². The molecule has 5 nitrogen and oxygen atoms in total. The molecule has 0 amide bonds. The zero-order chi connectivity index (χ0) is 11.4. The summed E-state index contributed by atoms with van der Waals surface area (Å²) in [6, 6.07) is 8.10. The number of aromatic nitrogens is 1. The van der Waals surface area contributed by atoms with Crippen LogP contribution >= 0.6 is 0 Å². The number of anilines is 1. The van der Waals surface area contributed by atoms with Crippen LogP contribution in [0.2, 0.25) is 0 Å². The molecule has 1 atom stereocenters. The van der Waals surface area contributed by atoms with Gasteiger partial charge in [0.2, 0.25) is 0 Å². The number of benzene rings is 1. The number of nitrogens with one attached hydrogen (secondary N) is 1. The van der Waals surface area contributed by atoms with Crippen LogP contribution in [0.5, 0.6) is 0 Å². The highest BCUT2D eigenvalue weighted by Crippen LogP contribution is 2.18. The topological polar surface area (TPSA) is 73.3 Å². The van der Waals surface area contributed by atoms with Gasteiger partial charge in [-0.15, -0.1) is 0 Å². The van der Waals surface area contributed by atoms with Gasteiger partial charge in [0.25, 0.3) is 6.01 Å². The van der Waals surface area contributed by atoms with Crippen molar-refractivity contribution in [3.05, 3.63) is 24.3 Å². The average molecular weight is 221 g/mol. The molecular formula is C11H15N3O2. The Hall–Kier alpha value is -1.59. The van der Waals surface area contributed by atoms with Crippen molar-refractivity contribution >= 4 is 17.1 Å². The van der Waals surface area contributed by atoms with Gasteiger partial charge in [0.1, 0.15) is 5.52 Å². The van der Waals surface area contributed by atoms with Crippen molar-refractivity contribution in [2.45, 2.75) is 6.04 Å². The third-order valence-electron chi connectivity index (χ3n) is 2.27. The molecule has 2 rings (SSSR count). The lowest BCUT2D eigenvalue weighted by molar-refractivity contribution is 0.186. The molecule has 0 saturated carbocycles. The van der Waals surface area contributed by atoms with Crippen LogP contribution < -0.4 is 11.1 Å². The normalized spacial score (nSPS) is 12.9. The van der Waals surface area contributed by atoms with Gasteiger partial charge in [0, 0.05) is 13.7 Å². The SMILES string of the molecule is COCC(CN)Nc1nc2ccccc2o1. The van der Waals surface area contributed by atoms with Crippen molar-refractivity contribution in [2.75, 3.05) is 25.6 Å². The fraction of sp³-hybridized carbons (Fsp3) is 0.364. The van der Waals surface area contributed by atoms with Crippen molar-refractivity contribution < 1.29 is 9.15 Å². The molecule has 16 heavy (non-hydrogen) atoms. The molecule has 0 spiro atoms. The number of fused-ring (bicyclic) bond motifs is 1. The zero-order valence-corrected chi connectivity index (χ0v) is 9.14. The zero-order valence-electron chi connectivity index (χ0n) is 9.14. The highest BCUT2D eigenvalue weighted by molar-refractivity contribution is 5.74. The molecule has 2 aromatic rings. The number of hydrogen-bond acceptors (Lipinski definition) is 5. The van der Waals surface area contributed by atoms with E-state index in [4.69, 9.17) is 14.9 Å². The Kier molecular flexibility index (Phi) is 3.38. The summed E-state index contributed by atoms with van der Waals surface area (Å²) in [5, 5.41) is 3.09. The Morgan fingerprint density at radius 3 is 3.00 bits per heavy atom. The fourth-order valence-electron chi connectivity index (χ4n) is 1.48. The predicted octanol–water partition coefficient (Wildman–Crippen LogP) is 1.21. The van der Waals surface area contributed by atoms with Crippen LogP contribution in [0.15, 0.2) is 28.7 Å². The summed E-state index contributed by atoms with van der Waals surface area (Å²) < 4.78 is 10.5. The van der Waals surface area contributed by atoms with E-state index in [2.05, 4.69) is 10.3 Å². The highest BCUT2D eigenvalue weighted by Gasteiger charge is 2.10. The first-order chi connectivity index (χ1) is 7.83. The Balaban J connectivity index is 2.14. The van der Waals surface area contributed by atoms with Gasteiger partial charge in [-0.1, -0.05) is 12.1 Å². The molecule has 1 unspecified atom stereocenters. The van der Waals surface area contributed by atoms with Crippen LogP contribution in [0.1, 0.15) is 0 Å². The predicted molar refractivity (Wildman–Crippen MR) is 62.4 cm³/mol. The maximum atomic E-state index is 5.59. The number of nitrogens with zero attached hydrogens (tertiary/aromatic N) is 1. The van der Waals surface area contributed by atoms with E-state index in [0.717, 1.165) is 11.1 Å². The second-order valence-corrected chi connectivity index (χ2v) is 3.52. The monoisotopic (exact) mass is 221 g/mol. The molecule has 86 valence electrons. The van der Waals surface area contributed by atoms with Crippen molar-refractivity contribution in [3.63, 3.8) is 0 Å². The summed E-state index contributed by atoms with van der Waals surface area (Å²) in [4.78, 5) is 4.29. The fourth-order valence-corrected chi connectivity index (χ4v) is 1.48. The summed E-state index contributed by atoms with van der Waals surface area (Å²) in [7, 11) is 1.64. The smallest absolute Gasteiger partial charge is 0.296 e. The van der Waals surface area contributed by atoms with Crippen molar-refractivity contribution in [1.82, 2.24) is 4.98 Å². The molecular weight excluding hydrogens is 206 g/mol. The lowest BCUT2D eigenvalue weighted by Gasteiger charge is -2.13. The molecule has 0 bridgehead atoms. The Morgan fingerprint density at radius 2 is 2.31 bits per heavy atom. The van der Waals surface area contributed by atoms with Crippen LogP contribution in [0.3, 0.4) is 0 Å². The Labute approximate surface area is 93.6 Å². The first-order valence-corrected chi connectivity index (χ1v) is 5.14. The van der Waals surface area contributed by atoms with Gasteiger partial charge < -0.3 is 20.2 Å². The molecule has 0 saturated heterocycles. The van der Waals surface area contributed by atoms with Crippen LogP contribution in [0, 0.1) is 0 Å². The van der Waals surface area contributed by atoms with E-state index in [0.29, 0.717) is 19.2 Å². The maximum absolute atomic E-state index is 5.59. The third-order valence-corrected chi connectivity index (χ3v) is 2.27. The quantitative estimate of drug-likeness (QED) is 0.794. The van der Waals surface area contributed by atoms with Crippen LogP contribution in [0.25, 0.3) is 11.1 Å². The summed E-state index contributed by atoms with van der Waals surface area (Å²) in [5.74, 6) is 0. The van der Waals surface area contributed by atoms with Crippen LogP contribution in [-0.4, -0.2) is 31.3 Å². The first-order valence-electron chi connectivity index (χ1n) is 5.14. The third kappa shape index (κ3) is 2.32. The van der Waals surface area contributed by atoms with Crippen molar-refractivity contribution in [1.29, 1.82) is 0 Å². The van der Waals surface area contributed by atoms with Gasteiger partial charge in [0.05, 0.1) is 12.6 Å². The molecule has 1 aromatic heterocycles. The average Bonchev–Trinajstić information content (AvgIpc) is 2.70. The molecule has 1 heterocycles. The lowest BCUT2D eigenvalue weighted by atomic mass is 10.3. The number of nitrogens with two attached hydrogens (primary N) is 1. The summed E-state index contributed by atoms with van der Waals surface area (Å²) in [5.41, 5.74) is 7.18. The first kappa shape index (κ1) is 10.9. The standard InChI is InChI=1S/C11H15N3O2/c1-15-7-8(6-12)13-11-14-9-4-2-3-5-10(9)16-11/h2-5,8H,6-7,12H2,1H3,(H,13,14). The molecule has 0 aliphatic heterocycles. The number of ether oxygens (including phenoxy) is 1.